The number of fused-ring (bicyclic) bond motifs is 1. The summed E-state index contributed by atoms with van der Waals surface area (Å²) in [5, 5.41) is 13.1. The molecule has 0 fully saturated rings. The minimum atomic E-state index is -0.614. The smallest absolute Gasteiger partial charge is 0.267 e. The Kier molecular flexibility index (Phi) is 11.8. The summed E-state index contributed by atoms with van der Waals surface area (Å²) in [5.74, 6) is 0.219. The summed E-state index contributed by atoms with van der Waals surface area (Å²) in [5.41, 5.74) is 4.75. The van der Waals surface area contributed by atoms with Crippen LogP contribution in [0.1, 0.15) is 24.5 Å². The Morgan fingerprint density at radius 1 is 1.15 bits per heavy atom. The molecule has 9 heteroatoms. The average Bonchev–Trinajstić information content (AvgIpc) is 2.96. The van der Waals surface area contributed by atoms with E-state index in [0.717, 1.165) is 28.5 Å². The fourth-order valence-corrected chi connectivity index (χ4v) is 3.81. The van der Waals surface area contributed by atoms with Gasteiger partial charge in [0, 0.05) is 18.0 Å². The fraction of sp³-hybridized carbons (Fsp3) is 0.129. The van der Waals surface area contributed by atoms with Crippen LogP contribution in [0.15, 0.2) is 115 Å². The maximum absolute atomic E-state index is 13.5. The maximum atomic E-state index is 13.5. The number of ether oxygens (including phenoxy) is 1. The first-order chi connectivity index (χ1) is 19.4. The number of halogens is 2. The second-order valence-corrected chi connectivity index (χ2v) is 8.74. The summed E-state index contributed by atoms with van der Waals surface area (Å²) >= 11 is 6.55. The molecule has 0 atom stereocenters. The molecule has 0 saturated heterocycles. The number of rotatable bonds is 13. The quantitative estimate of drug-likeness (QED) is 0.0684. The number of amides is 1. The van der Waals surface area contributed by atoms with E-state index in [4.69, 9.17) is 21.5 Å². The molecular formula is C31H30ClFN4O3. The Labute approximate surface area is 237 Å². The van der Waals surface area contributed by atoms with Crippen LogP contribution < -0.4 is 10.8 Å². The summed E-state index contributed by atoms with van der Waals surface area (Å²) in [6.07, 6.45) is 15.6. The van der Waals surface area contributed by atoms with E-state index in [0.29, 0.717) is 28.7 Å². The molecule has 0 aliphatic carbocycles. The first kappa shape index (κ1) is 30.0. The van der Waals surface area contributed by atoms with Crippen LogP contribution in [0.4, 0.5) is 10.2 Å². The SMILES string of the molecule is C=C\C(=C/C=C/C=C/C(=O)NO)c1ccc2ncnc(NC/C=C(Cl)\C(=C/CC)OCc3cccc(F)c3)c2c1. The van der Waals surface area contributed by atoms with Crippen molar-refractivity contribution in [2.75, 3.05) is 11.9 Å². The van der Waals surface area contributed by atoms with Crippen LogP contribution in [0.3, 0.4) is 0 Å². The van der Waals surface area contributed by atoms with Gasteiger partial charge < -0.3 is 10.1 Å². The number of allylic oxidation sites excluding steroid dienone is 8. The molecule has 0 aliphatic heterocycles. The summed E-state index contributed by atoms with van der Waals surface area (Å²) in [6, 6.07) is 12.0. The highest BCUT2D eigenvalue weighted by molar-refractivity contribution is 6.31. The molecule has 0 aliphatic rings. The second-order valence-electron chi connectivity index (χ2n) is 8.33. The van der Waals surface area contributed by atoms with Crippen molar-refractivity contribution in [1.29, 1.82) is 0 Å². The van der Waals surface area contributed by atoms with Crippen LogP contribution in [-0.2, 0) is 16.1 Å². The van der Waals surface area contributed by atoms with Crippen LogP contribution in [0.2, 0.25) is 0 Å². The standard InChI is InChI=1S/C31H30ClFN4O3/c1-3-9-29(40-20-22-10-8-12-25(33)18-22)27(32)16-17-34-31-26-19-24(14-15-28(26)35-21-36-31)23(4-2)11-6-5-7-13-30(38)37-39/h4-16,18-19,21,39H,2-3,17,20H2,1H3,(H,37,38)(H,34,35,36)/b6-5+,13-7+,23-11+,27-16+,29-9+. The molecule has 1 aromatic heterocycles. The highest BCUT2D eigenvalue weighted by Crippen LogP contribution is 2.25. The molecule has 7 nitrogen and oxygen atoms in total. The number of benzene rings is 2. The third kappa shape index (κ3) is 9.04. The number of nitrogens with one attached hydrogen (secondary N) is 2. The van der Waals surface area contributed by atoms with Crippen LogP contribution >= 0.6 is 11.6 Å². The number of carbonyl (C=O) groups excluding carboxylic acids is 1. The van der Waals surface area contributed by atoms with Crippen molar-refractivity contribution in [2.24, 2.45) is 0 Å². The topological polar surface area (TPSA) is 96.4 Å². The molecule has 40 heavy (non-hydrogen) atoms. The van der Waals surface area contributed by atoms with Crippen LogP contribution in [0, 0.1) is 5.82 Å². The number of hydrogen-bond acceptors (Lipinski definition) is 6. The summed E-state index contributed by atoms with van der Waals surface area (Å²) < 4.78 is 19.3. The highest BCUT2D eigenvalue weighted by atomic mass is 35.5. The Morgan fingerprint density at radius 3 is 2.75 bits per heavy atom. The average molecular weight is 561 g/mol. The Hall–Kier alpha value is -4.53. The third-order valence-corrected chi connectivity index (χ3v) is 5.84. The van der Waals surface area contributed by atoms with Gasteiger partial charge in [-0.1, -0.05) is 73.7 Å². The lowest BCUT2D eigenvalue weighted by Gasteiger charge is -2.11. The molecular weight excluding hydrogens is 531 g/mol. The van der Waals surface area contributed by atoms with E-state index in [2.05, 4.69) is 21.9 Å². The van der Waals surface area contributed by atoms with Gasteiger partial charge in [0.05, 0.1) is 10.5 Å². The zero-order valence-corrected chi connectivity index (χ0v) is 22.7. The summed E-state index contributed by atoms with van der Waals surface area (Å²) in [7, 11) is 0. The van der Waals surface area contributed by atoms with Gasteiger partial charge >= 0.3 is 0 Å². The normalized spacial score (nSPS) is 12.8. The van der Waals surface area contributed by atoms with Gasteiger partial charge in [0.1, 0.15) is 30.3 Å². The minimum Gasteiger partial charge on any atom is -0.488 e. The first-order valence-corrected chi connectivity index (χ1v) is 12.9. The minimum absolute atomic E-state index is 0.197. The lowest BCUT2D eigenvalue weighted by molar-refractivity contribution is -0.124. The van der Waals surface area contributed by atoms with E-state index in [9.17, 15) is 9.18 Å². The van der Waals surface area contributed by atoms with E-state index in [1.807, 2.05) is 37.3 Å². The lowest BCUT2D eigenvalue weighted by Crippen LogP contribution is -2.14. The van der Waals surface area contributed by atoms with Crippen LogP contribution in [-0.4, -0.2) is 27.6 Å². The van der Waals surface area contributed by atoms with Gasteiger partial charge in [0.25, 0.3) is 5.91 Å². The zero-order valence-electron chi connectivity index (χ0n) is 22.0. The molecule has 0 spiro atoms. The van der Waals surface area contributed by atoms with Crippen molar-refractivity contribution < 1.29 is 19.1 Å². The van der Waals surface area contributed by atoms with E-state index in [1.54, 1.807) is 36.4 Å². The van der Waals surface area contributed by atoms with Gasteiger partial charge in [-0.25, -0.2) is 19.8 Å². The molecule has 3 aromatic rings. The summed E-state index contributed by atoms with van der Waals surface area (Å²) in [6.45, 7) is 6.45. The highest BCUT2D eigenvalue weighted by Gasteiger charge is 2.08. The monoisotopic (exact) mass is 560 g/mol. The number of anilines is 1. The molecule has 206 valence electrons. The molecule has 3 rings (SSSR count). The third-order valence-electron chi connectivity index (χ3n) is 5.50. The molecule has 0 bridgehead atoms. The zero-order chi connectivity index (χ0) is 28.7. The van der Waals surface area contributed by atoms with E-state index in [1.165, 1.54) is 36.1 Å². The van der Waals surface area contributed by atoms with E-state index >= 15 is 0 Å². The predicted octanol–water partition coefficient (Wildman–Crippen LogP) is 7.00. The van der Waals surface area contributed by atoms with Crippen molar-refractivity contribution in [2.45, 2.75) is 20.0 Å². The van der Waals surface area contributed by atoms with Crippen molar-refractivity contribution in [1.82, 2.24) is 15.4 Å². The number of aromatic nitrogens is 2. The largest absolute Gasteiger partial charge is 0.488 e. The molecule has 0 radical (unpaired) electrons. The molecule has 0 unspecified atom stereocenters. The van der Waals surface area contributed by atoms with Gasteiger partial charge in [-0.2, -0.15) is 0 Å². The molecule has 3 N–H and O–H groups in total. The number of hydrogen-bond donors (Lipinski definition) is 3. The van der Waals surface area contributed by atoms with Gasteiger partial charge in [0.2, 0.25) is 0 Å². The van der Waals surface area contributed by atoms with Gasteiger partial charge in [0.15, 0.2) is 0 Å². The number of carbonyl (C=O) groups is 1. The fourth-order valence-electron chi connectivity index (χ4n) is 3.60. The van der Waals surface area contributed by atoms with E-state index in [-0.39, 0.29) is 12.4 Å². The van der Waals surface area contributed by atoms with Gasteiger partial charge in [-0.3, -0.25) is 10.0 Å². The number of nitrogens with zero attached hydrogens (tertiary/aromatic N) is 2. The van der Waals surface area contributed by atoms with Crippen molar-refractivity contribution in [3.63, 3.8) is 0 Å². The Bertz CT molecular complexity index is 1490. The number of hydroxylamine groups is 1. The predicted molar refractivity (Wildman–Crippen MR) is 158 cm³/mol. The molecule has 1 heterocycles. The van der Waals surface area contributed by atoms with Gasteiger partial charge in [-0.05, 0) is 59.5 Å². The first-order valence-electron chi connectivity index (χ1n) is 12.5. The van der Waals surface area contributed by atoms with Crippen molar-refractivity contribution in [3.8, 4) is 0 Å². The Balaban J connectivity index is 1.74. The van der Waals surface area contributed by atoms with E-state index < -0.39 is 5.91 Å². The van der Waals surface area contributed by atoms with Crippen LogP contribution in [0.25, 0.3) is 16.5 Å². The van der Waals surface area contributed by atoms with Crippen LogP contribution in [0.5, 0.6) is 0 Å². The van der Waals surface area contributed by atoms with Gasteiger partial charge in [-0.15, -0.1) is 0 Å². The molecule has 0 saturated carbocycles. The summed E-state index contributed by atoms with van der Waals surface area (Å²) in [4.78, 5) is 19.8. The second kappa shape index (κ2) is 15.8. The molecule has 2 aromatic carbocycles. The van der Waals surface area contributed by atoms with Crippen molar-refractivity contribution >= 4 is 39.8 Å². The Morgan fingerprint density at radius 2 is 2.00 bits per heavy atom. The molecule has 1 amide bonds. The lowest BCUT2D eigenvalue weighted by atomic mass is 10.0. The maximum Gasteiger partial charge on any atom is 0.267 e. The van der Waals surface area contributed by atoms with Crippen molar-refractivity contribution in [3.05, 3.63) is 132 Å².